The van der Waals surface area contributed by atoms with Crippen LogP contribution in [0.4, 0.5) is 5.69 Å². The lowest BCUT2D eigenvalue weighted by Crippen LogP contribution is -2.00. The molecule has 0 saturated heterocycles. The molecule has 6 nitrogen and oxygen atoms in total. The van der Waals surface area contributed by atoms with Gasteiger partial charge in [-0.1, -0.05) is 15.9 Å². The fourth-order valence-corrected chi connectivity index (χ4v) is 2.14. The number of nitro groups is 1. The number of aryl methyl sites for hydroxylation is 1. The molecule has 0 aliphatic rings. The van der Waals surface area contributed by atoms with Crippen LogP contribution in [-0.4, -0.2) is 16.0 Å². The molecule has 0 atom stereocenters. The van der Waals surface area contributed by atoms with Crippen LogP contribution in [0.2, 0.25) is 0 Å². The minimum Gasteiger partial charge on any atom is -0.478 e. The van der Waals surface area contributed by atoms with Crippen LogP contribution in [0.5, 0.6) is 11.5 Å². The van der Waals surface area contributed by atoms with E-state index in [-0.39, 0.29) is 22.7 Å². The van der Waals surface area contributed by atoms with Crippen molar-refractivity contribution in [2.24, 2.45) is 0 Å². The number of aromatic carboxylic acids is 1. The molecule has 2 aromatic rings. The number of ether oxygens (including phenoxy) is 1. The van der Waals surface area contributed by atoms with Crippen molar-refractivity contribution < 1.29 is 19.6 Å². The fourth-order valence-electron chi connectivity index (χ4n) is 1.78. The molecule has 0 saturated carbocycles. The van der Waals surface area contributed by atoms with Crippen LogP contribution in [0.25, 0.3) is 0 Å². The van der Waals surface area contributed by atoms with Crippen LogP contribution in [0.3, 0.4) is 0 Å². The number of hydrogen-bond acceptors (Lipinski definition) is 4. The fraction of sp³-hybridized carbons (Fsp3) is 0.0714. The van der Waals surface area contributed by atoms with Crippen molar-refractivity contribution >= 4 is 27.6 Å². The summed E-state index contributed by atoms with van der Waals surface area (Å²) in [4.78, 5) is 21.5. The summed E-state index contributed by atoms with van der Waals surface area (Å²) in [5.41, 5.74) is 0.501. The highest BCUT2D eigenvalue weighted by atomic mass is 79.9. The Morgan fingerprint density at radius 2 is 2.00 bits per heavy atom. The summed E-state index contributed by atoms with van der Waals surface area (Å²) in [6.07, 6.45) is 0. The van der Waals surface area contributed by atoms with Crippen molar-refractivity contribution in [3.05, 3.63) is 62.1 Å². The summed E-state index contributed by atoms with van der Waals surface area (Å²) < 4.78 is 6.09. The number of non-ortho nitro benzene ring substituents is 1. The van der Waals surface area contributed by atoms with E-state index in [1.54, 1.807) is 19.1 Å². The van der Waals surface area contributed by atoms with Gasteiger partial charge in [-0.25, -0.2) is 4.79 Å². The zero-order valence-electron chi connectivity index (χ0n) is 10.9. The van der Waals surface area contributed by atoms with E-state index in [0.29, 0.717) is 10.0 Å². The number of nitrogens with zero attached hydrogens (tertiary/aromatic N) is 1. The van der Waals surface area contributed by atoms with E-state index in [9.17, 15) is 14.9 Å². The smallest absolute Gasteiger partial charge is 0.339 e. The second kappa shape index (κ2) is 5.92. The summed E-state index contributed by atoms with van der Waals surface area (Å²) in [7, 11) is 0. The number of carboxylic acids is 1. The zero-order valence-corrected chi connectivity index (χ0v) is 12.5. The number of hydrogen-bond donors (Lipinski definition) is 1. The monoisotopic (exact) mass is 351 g/mol. The second-order valence-corrected chi connectivity index (χ2v) is 5.22. The third-order valence-electron chi connectivity index (χ3n) is 2.65. The molecular weight excluding hydrogens is 342 g/mol. The van der Waals surface area contributed by atoms with Gasteiger partial charge in [-0.2, -0.15) is 0 Å². The standard InChI is InChI=1S/C14H10BrNO5/c1-8-4-10(16(19)20)7-11(5-8)21-13-3-2-9(15)6-12(13)14(17)18/h2-7H,1H3,(H,17,18). The van der Waals surface area contributed by atoms with E-state index in [4.69, 9.17) is 9.84 Å². The Bertz CT molecular complexity index is 729. The number of rotatable bonds is 4. The van der Waals surface area contributed by atoms with Gasteiger partial charge < -0.3 is 9.84 Å². The summed E-state index contributed by atoms with van der Waals surface area (Å²) in [6.45, 7) is 1.69. The Morgan fingerprint density at radius 3 is 2.62 bits per heavy atom. The van der Waals surface area contributed by atoms with Crippen LogP contribution in [0.15, 0.2) is 40.9 Å². The molecule has 108 valence electrons. The van der Waals surface area contributed by atoms with E-state index in [1.807, 2.05) is 0 Å². The number of nitro benzene ring substituents is 1. The van der Waals surface area contributed by atoms with Crippen molar-refractivity contribution in [3.8, 4) is 11.5 Å². The Balaban J connectivity index is 2.43. The van der Waals surface area contributed by atoms with Crippen LogP contribution in [0.1, 0.15) is 15.9 Å². The van der Waals surface area contributed by atoms with Gasteiger partial charge in [0.25, 0.3) is 5.69 Å². The first-order valence-electron chi connectivity index (χ1n) is 5.83. The molecule has 21 heavy (non-hydrogen) atoms. The predicted molar refractivity (Wildman–Crippen MR) is 79.0 cm³/mol. The third-order valence-corrected chi connectivity index (χ3v) is 3.14. The Labute approximate surface area is 128 Å². The largest absolute Gasteiger partial charge is 0.478 e. The molecule has 0 spiro atoms. The average Bonchev–Trinajstić information content (AvgIpc) is 2.40. The maximum atomic E-state index is 11.2. The molecular formula is C14H10BrNO5. The van der Waals surface area contributed by atoms with Gasteiger partial charge in [0, 0.05) is 10.5 Å². The molecule has 0 aliphatic heterocycles. The Morgan fingerprint density at radius 1 is 1.29 bits per heavy atom. The SMILES string of the molecule is Cc1cc(Oc2ccc(Br)cc2C(=O)O)cc([N+](=O)[O-])c1. The number of carbonyl (C=O) groups is 1. The lowest BCUT2D eigenvalue weighted by molar-refractivity contribution is -0.385. The summed E-state index contributed by atoms with van der Waals surface area (Å²) >= 11 is 3.18. The van der Waals surface area contributed by atoms with E-state index in [1.165, 1.54) is 24.3 Å². The second-order valence-electron chi connectivity index (χ2n) is 4.31. The first kappa shape index (κ1) is 15.0. The van der Waals surface area contributed by atoms with Gasteiger partial charge >= 0.3 is 5.97 Å². The number of benzene rings is 2. The maximum absolute atomic E-state index is 11.2. The molecule has 0 heterocycles. The molecule has 0 unspecified atom stereocenters. The van der Waals surface area contributed by atoms with Crippen molar-refractivity contribution in [1.29, 1.82) is 0 Å². The highest BCUT2D eigenvalue weighted by molar-refractivity contribution is 9.10. The molecule has 0 aliphatic carbocycles. The number of halogens is 1. The minimum atomic E-state index is -1.14. The lowest BCUT2D eigenvalue weighted by atomic mass is 10.2. The molecule has 1 N–H and O–H groups in total. The molecule has 2 aromatic carbocycles. The van der Waals surface area contributed by atoms with Gasteiger partial charge in [0.15, 0.2) is 0 Å². The van der Waals surface area contributed by atoms with Gasteiger partial charge in [0.2, 0.25) is 0 Å². The van der Waals surface area contributed by atoms with Gasteiger partial charge in [0.05, 0.1) is 11.0 Å². The molecule has 0 amide bonds. The molecule has 0 aromatic heterocycles. The van der Waals surface area contributed by atoms with Gasteiger partial charge in [-0.3, -0.25) is 10.1 Å². The van der Waals surface area contributed by atoms with Crippen molar-refractivity contribution in [3.63, 3.8) is 0 Å². The third kappa shape index (κ3) is 3.57. The van der Waals surface area contributed by atoms with Crippen LogP contribution >= 0.6 is 15.9 Å². The summed E-state index contributed by atoms with van der Waals surface area (Å²) in [6, 6.07) is 8.78. The van der Waals surface area contributed by atoms with Crippen molar-refractivity contribution in [2.45, 2.75) is 6.92 Å². The van der Waals surface area contributed by atoms with Crippen LogP contribution < -0.4 is 4.74 Å². The predicted octanol–water partition coefficient (Wildman–Crippen LogP) is 4.16. The Kier molecular flexibility index (Phi) is 4.23. The average molecular weight is 352 g/mol. The maximum Gasteiger partial charge on any atom is 0.339 e. The van der Waals surface area contributed by atoms with E-state index >= 15 is 0 Å². The molecule has 0 bridgehead atoms. The van der Waals surface area contributed by atoms with Gasteiger partial charge in [0.1, 0.15) is 17.1 Å². The van der Waals surface area contributed by atoms with E-state index in [2.05, 4.69) is 15.9 Å². The summed E-state index contributed by atoms with van der Waals surface area (Å²) in [5.74, 6) is -0.814. The summed E-state index contributed by atoms with van der Waals surface area (Å²) in [5, 5.41) is 20.0. The van der Waals surface area contributed by atoms with Gasteiger partial charge in [-0.15, -0.1) is 0 Å². The van der Waals surface area contributed by atoms with Crippen LogP contribution in [-0.2, 0) is 0 Å². The van der Waals surface area contributed by atoms with Gasteiger partial charge in [-0.05, 0) is 36.8 Å². The highest BCUT2D eigenvalue weighted by Gasteiger charge is 2.15. The molecule has 7 heteroatoms. The first-order chi connectivity index (χ1) is 9.86. The van der Waals surface area contributed by atoms with E-state index in [0.717, 1.165) is 0 Å². The van der Waals surface area contributed by atoms with Crippen molar-refractivity contribution in [2.75, 3.05) is 0 Å². The first-order valence-corrected chi connectivity index (χ1v) is 6.63. The molecule has 0 fully saturated rings. The highest BCUT2D eigenvalue weighted by Crippen LogP contribution is 2.30. The number of carboxylic acid groups (broad SMARTS) is 1. The lowest BCUT2D eigenvalue weighted by Gasteiger charge is -2.09. The van der Waals surface area contributed by atoms with Crippen molar-refractivity contribution in [1.82, 2.24) is 0 Å². The minimum absolute atomic E-state index is 0.0338. The Hall–Kier alpha value is -2.41. The molecule has 2 rings (SSSR count). The van der Waals surface area contributed by atoms with E-state index < -0.39 is 10.9 Å². The zero-order chi connectivity index (χ0) is 15.6. The van der Waals surface area contributed by atoms with Crippen LogP contribution in [0, 0.1) is 17.0 Å². The quantitative estimate of drug-likeness (QED) is 0.659. The topological polar surface area (TPSA) is 89.7 Å². The molecule has 0 radical (unpaired) electrons. The normalized spacial score (nSPS) is 10.2.